The number of likely N-dealkylation sites (tertiary alicyclic amines) is 1. The van der Waals surface area contributed by atoms with E-state index in [0.29, 0.717) is 35.5 Å². The minimum atomic E-state index is -3.60. The van der Waals surface area contributed by atoms with E-state index in [2.05, 4.69) is 4.90 Å². The lowest BCUT2D eigenvalue weighted by Gasteiger charge is -2.37. The van der Waals surface area contributed by atoms with Crippen molar-refractivity contribution in [1.82, 2.24) is 14.1 Å². The van der Waals surface area contributed by atoms with Crippen molar-refractivity contribution in [3.8, 4) is 0 Å². The molecule has 31 heavy (non-hydrogen) atoms. The van der Waals surface area contributed by atoms with Crippen LogP contribution in [-0.4, -0.2) is 78.6 Å². The van der Waals surface area contributed by atoms with E-state index in [1.165, 1.54) is 5.75 Å². The number of hydrogen-bond donors (Lipinski definition) is 0. The molecule has 4 aliphatic heterocycles. The molecule has 4 heterocycles. The second-order valence-corrected chi connectivity index (χ2v) is 12.1. The minimum Gasteiger partial charge on any atom is -0.448 e. The van der Waals surface area contributed by atoms with Gasteiger partial charge in [-0.3, -0.25) is 4.90 Å². The summed E-state index contributed by atoms with van der Waals surface area (Å²) in [6.07, 6.45) is 3.96. The molecule has 1 aromatic rings. The maximum absolute atomic E-state index is 13.2. The van der Waals surface area contributed by atoms with Crippen LogP contribution in [0.1, 0.15) is 43.7 Å². The number of sulfonamides is 1. The van der Waals surface area contributed by atoms with Crippen LogP contribution in [0.15, 0.2) is 23.1 Å². The van der Waals surface area contributed by atoms with Crippen molar-refractivity contribution in [2.24, 2.45) is 0 Å². The monoisotopic (exact) mass is 485 g/mol. The Hall–Kier alpha value is -1.00. The van der Waals surface area contributed by atoms with E-state index in [-0.39, 0.29) is 24.8 Å². The van der Waals surface area contributed by atoms with Crippen LogP contribution in [-0.2, 0) is 14.8 Å². The molecule has 0 radical (unpaired) electrons. The van der Waals surface area contributed by atoms with Crippen molar-refractivity contribution < 1.29 is 17.9 Å². The van der Waals surface area contributed by atoms with Crippen LogP contribution in [0.4, 0.5) is 4.79 Å². The number of nitrogens with zero attached hydrogens (tertiary/aromatic N) is 3. The van der Waals surface area contributed by atoms with Crippen LogP contribution >= 0.6 is 23.4 Å². The van der Waals surface area contributed by atoms with E-state index >= 15 is 0 Å². The van der Waals surface area contributed by atoms with Gasteiger partial charge >= 0.3 is 6.09 Å². The summed E-state index contributed by atoms with van der Waals surface area (Å²) in [6.45, 7) is 2.63. The van der Waals surface area contributed by atoms with Crippen LogP contribution in [0.25, 0.3) is 0 Å². The number of carbonyl (C=O) groups is 1. The Kier molecular flexibility index (Phi) is 6.15. The number of amides is 1. The molecule has 0 bridgehead atoms. The molecule has 3 saturated heterocycles. The fraction of sp³-hybridized carbons (Fsp3) is 0.667. The first kappa shape index (κ1) is 21.8. The lowest BCUT2D eigenvalue weighted by molar-refractivity contribution is 0.0519. The van der Waals surface area contributed by atoms with Crippen LogP contribution in [0.3, 0.4) is 0 Å². The van der Waals surface area contributed by atoms with Gasteiger partial charge < -0.3 is 9.64 Å². The summed E-state index contributed by atoms with van der Waals surface area (Å²) >= 11 is 8.10. The summed E-state index contributed by atoms with van der Waals surface area (Å²) in [4.78, 5) is 17.3. The Balaban J connectivity index is 1.21. The molecule has 0 aliphatic carbocycles. The molecule has 10 heteroatoms. The molecule has 1 amide bonds. The highest BCUT2D eigenvalue weighted by molar-refractivity contribution is 7.99. The topological polar surface area (TPSA) is 70.2 Å². The number of benzene rings is 1. The van der Waals surface area contributed by atoms with E-state index in [1.807, 2.05) is 11.8 Å². The smallest absolute Gasteiger partial charge is 0.409 e. The van der Waals surface area contributed by atoms with Gasteiger partial charge in [-0.25, -0.2) is 13.2 Å². The summed E-state index contributed by atoms with van der Waals surface area (Å²) < 4.78 is 33.5. The first-order valence-electron chi connectivity index (χ1n) is 11.0. The van der Waals surface area contributed by atoms with Gasteiger partial charge in [0.1, 0.15) is 6.61 Å². The van der Waals surface area contributed by atoms with Crippen LogP contribution < -0.4 is 0 Å². The van der Waals surface area contributed by atoms with Gasteiger partial charge in [0.15, 0.2) is 0 Å². The molecule has 0 unspecified atom stereocenters. The quantitative estimate of drug-likeness (QED) is 0.652. The van der Waals surface area contributed by atoms with Crippen LogP contribution in [0, 0.1) is 0 Å². The van der Waals surface area contributed by atoms with E-state index in [0.717, 1.165) is 43.7 Å². The molecule has 0 aromatic heterocycles. The zero-order valence-corrected chi connectivity index (χ0v) is 19.8. The van der Waals surface area contributed by atoms with Gasteiger partial charge in [-0.15, -0.1) is 11.8 Å². The van der Waals surface area contributed by atoms with Crippen molar-refractivity contribution in [2.75, 3.05) is 37.9 Å². The van der Waals surface area contributed by atoms with Crippen molar-refractivity contribution in [3.63, 3.8) is 0 Å². The Bertz CT molecular complexity index is 946. The van der Waals surface area contributed by atoms with E-state index in [1.54, 1.807) is 27.4 Å². The van der Waals surface area contributed by atoms with Gasteiger partial charge in [0.05, 0.1) is 17.0 Å². The Morgan fingerprint density at radius 3 is 2.71 bits per heavy atom. The summed E-state index contributed by atoms with van der Waals surface area (Å²) in [5.41, 5.74) is 0.769. The molecule has 5 rings (SSSR count). The second-order valence-electron chi connectivity index (χ2n) is 8.76. The molecule has 7 nitrogen and oxygen atoms in total. The van der Waals surface area contributed by atoms with Gasteiger partial charge in [-0.2, -0.15) is 4.31 Å². The first-order valence-corrected chi connectivity index (χ1v) is 14.0. The zero-order chi connectivity index (χ0) is 21.6. The summed E-state index contributed by atoms with van der Waals surface area (Å²) in [5, 5.41) is 0.542. The van der Waals surface area contributed by atoms with Gasteiger partial charge in [0, 0.05) is 42.3 Å². The highest BCUT2D eigenvalue weighted by Crippen LogP contribution is 2.47. The molecular weight excluding hydrogens is 458 g/mol. The Morgan fingerprint density at radius 1 is 1.16 bits per heavy atom. The average molecular weight is 486 g/mol. The molecule has 3 fully saturated rings. The number of rotatable bonds is 3. The van der Waals surface area contributed by atoms with Gasteiger partial charge in [-0.1, -0.05) is 11.6 Å². The highest BCUT2D eigenvalue weighted by atomic mass is 35.5. The molecule has 170 valence electrons. The molecule has 1 aromatic carbocycles. The molecule has 0 spiro atoms. The number of fused-ring (bicyclic) bond motifs is 3. The third kappa shape index (κ3) is 4.08. The third-order valence-electron chi connectivity index (χ3n) is 6.99. The fourth-order valence-corrected chi connectivity index (χ4v) is 8.71. The minimum absolute atomic E-state index is 0.0962. The summed E-state index contributed by atoms with van der Waals surface area (Å²) in [7, 11) is -3.60. The van der Waals surface area contributed by atoms with Crippen molar-refractivity contribution in [3.05, 3.63) is 28.8 Å². The van der Waals surface area contributed by atoms with Gasteiger partial charge in [0.25, 0.3) is 0 Å². The van der Waals surface area contributed by atoms with Crippen molar-refractivity contribution >= 4 is 39.5 Å². The summed E-state index contributed by atoms with van der Waals surface area (Å²) in [5.74, 6) is 2.29. The Labute approximate surface area is 193 Å². The van der Waals surface area contributed by atoms with Gasteiger partial charge in [-0.05, 0) is 55.9 Å². The first-order chi connectivity index (χ1) is 14.9. The number of halogens is 1. The van der Waals surface area contributed by atoms with E-state index in [9.17, 15) is 13.2 Å². The molecule has 0 N–H and O–H groups in total. The van der Waals surface area contributed by atoms with E-state index in [4.69, 9.17) is 16.3 Å². The SMILES string of the molecule is O=C(OC[C@H]1CCC[C@H]2c3cc(Cl)ccc3S(=O)(=O)N12)N1CCC(N2CCSC2)CC1. The lowest BCUT2D eigenvalue weighted by Crippen LogP contribution is -2.48. The fourth-order valence-electron chi connectivity index (χ4n) is 5.39. The number of thioether (sulfide) groups is 1. The zero-order valence-electron chi connectivity index (χ0n) is 17.4. The maximum atomic E-state index is 13.2. The third-order valence-corrected chi connectivity index (χ3v) is 10.2. The average Bonchev–Trinajstić information content (AvgIpc) is 3.38. The van der Waals surface area contributed by atoms with Gasteiger partial charge in [0.2, 0.25) is 10.0 Å². The Morgan fingerprint density at radius 2 is 1.97 bits per heavy atom. The number of hydrogen-bond acceptors (Lipinski definition) is 6. The molecule has 0 saturated carbocycles. The van der Waals surface area contributed by atoms with Crippen LogP contribution in [0.5, 0.6) is 0 Å². The predicted octanol–water partition coefficient (Wildman–Crippen LogP) is 3.55. The van der Waals surface area contributed by atoms with Crippen molar-refractivity contribution in [2.45, 2.75) is 55.1 Å². The largest absolute Gasteiger partial charge is 0.448 e. The normalized spacial score (nSPS) is 29.0. The summed E-state index contributed by atoms with van der Waals surface area (Å²) in [6, 6.07) is 4.98. The van der Waals surface area contributed by atoms with Crippen molar-refractivity contribution in [1.29, 1.82) is 0 Å². The highest BCUT2D eigenvalue weighted by Gasteiger charge is 2.48. The second kappa shape index (κ2) is 8.74. The number of carbonyl (C=O) groups excluding carboxylic acids is 1. The maximum Gasteiger partial charge on any atom is 0.409 e. The standard InChI is InChI=1S/C21H28ClN3O4S2/c22-15-4-5-20-18(12-15)19-3-1-2-17(25(19)31(20,27)28)13-29-21(26)23-8-6-16(7-9-23)24-10-11-30-14-24/h4-5,12,16-17,19H,1-3,6-11,13-14H2/t17-,19+/m1/s1. The molecule has 2 atom stereocenters. The van der Waals surface area contributed by atoms with Crippen LogP contribution in [0.2, 0.25) is 5.02 Å². The molecule has 4 aliphatic rings. The number of piperidine rings is 2. The number of ether oxygens (including phenoxy) is 1. The van der Waals surface area contributed by atoms with E-state index < -0.39 is 10.0 Å². The predicted molar refractivity (Wildman–Crippen MR) is 121 cm³/mol. The molecular formula is C21H28ClN3O4S2. The lowest BCUT2D eigenvalue weighted by atomic mass is 9.94.